The van der Waals surface area contributed by atoms with E-state index in [0.29, 0.717) is 12.3 Å². The van der Waals surface area contributed by atoms with E-state index in [9.17, 15) is 24.3 Å². The normalized spacial score (nSPS) is 37.8. The molecule has 4 N–H and O–H groups in total. The molecular formula is C27H42N2O11. The number of hydrogen-bond donors (Lipinski definition) is 4. The molecule has 0 radical (unpaired) electrons. The van der Waals surface area contributed by atoms with Gasteiger partial charge in [-0.2, -0.15) is 0 Å². The molecule has 1 aliphatic carbocycles. The van der Waals surface area contributed by atoms with Crippen LogP contribution in [-0.2, 0) is 43.2 Å². The molecule has 0 unspecified atom stereocenters. The van der Waals surface area contributed by atoms with Crippen molar-refractivity contribution in [2.75, 3.05) is 6.54 Å². The van der Waals surface area contributed by atoms with Gasteiger partial charge in [-0.3, -0.25) is 14.4 Å². The molecule has 0 aromatic rings. The molecule has 0 aromatic heterocycles. The molecule has 5 fully saturated rings. The predicted octanol–water partition coefficient (Wildman–Crippen LogP) is 1.36. The molecule has 2 amide bonds. The summed E-state index contributed by atoms with van der Waals surface area (Å²) in [7, 11) is 0. The maximum atomic E-state index is 12.7. The van der Waals surface area contributed by atoms with E-state index in [-0.39, 0.29) is 55.9 Å². The van der Waals surface area contributed by atoms with Gasteiger partial charge in [0, 0.05) is 37.6 Å². The van der Waals surface area contributed by atoms with Crippen molar-refractivity contribution in [3.8, 4) is 0 Å². The van der Waals surface area contributed by atoms with Gasteiger partial charge in [0.2, 0.25) is 23.9 Å². The van der Waals surface area contributed by atoms with E-state index in [2.05, 4.69) is 17.6 Å². The number of aliphatic hydroxyl groups excluding tert-OH is 1. The number of carbonyl (C=O) groups is 4. The summed E-state index contributed by atoms with van der Waals surface area (Å²) in [6, 6.07) is -1.40. The van der Waals surface area contributed by atoms with E-state index in [4.69, 9.17) is 29.1 Å². The minimum atomic E-state index is -1.40. The Morgan fingerprint density at radius 3 is 2.48 bits per heavy atom. The molecule has 0 aromatic carbocycles. The first-order chi connectivity index (χ1) is 18.9. The Labute approximate surface area is 233 Å². The lowest BCUT2D eigenvalue weighted by Gasteiger charge is -2.59. The number of nitrogens with one attached hydrogen (secondary N) is 2. The molecule has 226 valence electrons. The maximum absolute atomic E-state index is 12.7. The quantitative estimate of drug-likeness (QED) is 0.160. The number of hydrogen-bond acceptors (Lipinski definition) is 10. The fourth-order valence-electron chi connectivity index (χ4n) is 6.61. The standard InChI is InChI=1S/C27H42N2O11/c1-14-7-8-18-15(2)24(37-25-27(18)17(14)11-12-26(4,38-25)39-40-27)36-21(33)10-9-19(31)28-13-5-6-20(32)29-22(16(3)30)23(34)35/h14-18,22,24-25,30H,5-13H2,1-4H3,(H,28,31)(H,29,32)(H,34,35)/t14-,15+,16+,17+,18+,22+,24-,25+,26-,27-/m1/s1. The monoisotopic (exact) mass is 570 g/mol. The van der Waals surface area contributed by atoms with E-state index in [0.717, 1.165) is 19.3 Å². The summed E-state index contributed by atoms with van der Waals surface area (Å²) in [5.74, 6) is -3.30. The van der Waals surface area contributed by atoms with Gasteiger partial charge in [0.25, 0.3) is 0 Å². The number of aliphatic carboxylic acids is 1. The van der Waals surface area contributed by atoms with Gasteiger partial charge < -0.3 is 35.1 Å². The number of amides is 2. The third-order valence-corrected chi connectivity index (χ3v) is 8.87. The zero-order chi connectivity index (χ0) is 29.2. The van der Waals surface area contributed by atoms with Crippen molar-refractivity contribution >= 4 is 23.8 Å². The summed E-state index contributed by atoms with van der Waals surface area (Å²) in [5.41, 5.74) is -0.752. The first-order valence-electron chi connectivity index (χ1n) is 14.2. The van der Waals surface area contributed by atoms with Crippen molar-refractivity contribution in [2.24, 2.45) is 23.7 Å². The first-order valence-corrected chi connectivity index (χ1v) is 14.2. The molecule has 5 aliphatic rings. The summed E-state index contributed by atoms with van der Waals surface area (Å²) in [6.07, 6.45) is 0.639. The van der Waals surface area contributed by atoms with Crippen LogP contribution in [0.4, 0.5) is 0 Å². The van der Waals surface area contributed by atoms with E-state index >= 15 is 0 Å². The summed E-state index contributed by atoms with van der Waals surface area (Å²) in [6.45, 7) is 7.46. The van der Waals surface area contributed by atoms with Gasteiger partial charge in [-0.1, -0.05) is 13.8 Å². The van der Waals surface area contributed by atoms with Crippen LogP contribution < -0.4 is 10.6 Å². The van der Waals surface area contributed by atoms with Crippen LogP contribution in [0, 0.1) is 23.7 Å². The Morgan fingerprint density at radius 1 is 1.02 bits per heavy atom. The topological polar surface area (TPSA) is 179 Å². The largest absolute Gasteiger partial charge is 0.480 e. The maximum Gasteiger partial charge on any atom is 0.328 e. The average molecular weight is 571 g/mol. The van der Waals surface area contributed by atoms with Crippen molar-refractivity contribution in [2.45, 2.75) is 115 Å². The lowest BCUT2D eigenvalue weighted by atomic mass is 9.58. The van der Waals surface area contributed by atoms with Crippen molar-refractivity contribution in [3.05, 3.63) is 0 Å². The molecule has 4 heterocycles. The number of carbonyl (C=O) groups excluding carboxylic acids is 3. The molecule has 10 atom stereocenters. The number of rotatable bonds is 11. The Kier molecular flexibility index (Phi) is 9.40. The van der Waals surface area contributed by atoms with Gasteiger partial charge in [-0.15, -0.1) is 0 Å². The lowest BCUT2D eigenvalue weighted by molar-refractivity contribution is -0.576. The number of carboxylic acid groups (broad SMARTS) is 1. The number of ether oxygens (including phenoxy) is 3. The molecule has 13 nitrogen and oxygen atoms in total. The molecule has 4 aliphatic heterocycles. The summed E-state index contributed by atoms with van der Waals surface area (Å²) in [4.78, 5) is 59.7. The highest BCUT2D eigenvalue weighted by atomic mass is 17.3. The molecule has 13 heteroatoms. The second-order valence-electron chi connectivity index (χ2n) is 11.8. The third kappa shape index (κ3) is 6.28. The lowest BCUT2D eigenvalue weighted by Crippen LogP contribution is -2.70. The molecule has 5 rings (SSSR count). The van der Waals surface area contributed by atoms with Gasteiger partial charge in [0.1, 0.15) is 0 Å². The fourth-order valence-corrected chi connectivity index (χ4v) is 6.61. The van der Waals surface area contributed by atoms with E-state index in [1.54, 1.807) is 0 Å². The summed E-state index contributed by atoms with van der Waals surface area (Å²) >= 11 is 0. The SMILES string of the molecule is C[C@@H]1[C@H](OC(=O)CCC(=O)NCCCC(=O)N[C@H](C(=O)O)[C@H](C)O)O[C@H]2O[C@@]3(C)CC[C@H]4[C@H](C)CC[C@@H]1[C@@]24OO3. The molecule has 1 saturated carbocycles. The number of fused-ring (bicyclic) bond motifs is 2. The molecule has 40 heavy (non-hydrogen) atoms. The fraction of sp³-hybridized carbons (Fsp3) is 0.852. The van der Waals surface area contributed by atoms with Crippen molar-refractivity contribution in [1.29, 1.82) is 0 Å². The van der Waals surface area contributed by atoms with E-state index in [1.807, 2.05) is 13.8 Å². The second kappa shape index (κ2) is 12.3. The number of esters is 1. The van der Waals surface area contributed by atoms with Crippen molar-refractivity contribution < 1.29 is 53.4 Å². The first kappa shape index (κ1) is 30.6. The predicted molar refractivity (Wildman–Crippen MR) is 136 cm³/mol. The summed E-state index contributed by atoms with van der Waals surface area (Å²) < 4.78 is 18.2. The molecular weight excluding hydrogens is 528 g/mol. The van der Waals surface area contributed by atoms with Crippen molar-refractivity contribution in [3.63, 3.8) is 0 Å². The smallest absolute Gasteiger partial charge is 0.328 e. The zero-order valence-corrected chi connectivity index (χ0v) is 23.6. The van der Waals surface area contributed by atoms with Crippen LogP contribution in [-0.4, -0.2) is 76.6 Å². The van der Waals surface area contributed by atoms with Crippen LogP contribution >= 0.6 is 0 Å². The Hall–Kier alpha value is -2.32. The van der Waals surface area contributed by atoms with Crippen LogP contribution in [0.2, 0.25) is 0 Å². The van der Waals surface area contributed by atoms with Crippen LogP contribution in [0.5, 0.6) is 0 Å². The van der Waals surface area contributed by atoms with Crippen LogP contribution in [0.15, 0.2) is 0 Å². The van der Waals surface area contributed by atoms with Crippen molar-refractivity contribution in [1.82, 2.24) is 10.6 Å². The van der Waals surface area contributed by atoms with Gasteiger partial charge >= 0.3 is 11.9 Å². The van der Waals surface area contributed by atoms with E-state index in [1.165, 1.54) is 6.92 Å². The molecule has 4 saturated heterocycles. The van der Waals surface area contributed by atoms with Gasteiger partial charge in [0.15, 0.2) is 17.9 Å². The number of aliphatic hydroxyl groups is 1. The van der Waals surface area contributed by atoms with Crippen LogP contribution in [0.25, 0.3) is 0 Å². The highest BCUT2D eigenvalue weighted by molar-refractivity contribution is 5.84. The highest BCUT2D eigenvalue weighted by Crippen LogP contribution is 2.60. The summed E-state index contributed by atoms with van der Waals surface area (Å²) in [5, 5.41) is 23.3. The van der Waals surface area contributed by atoms with Crippen LogP contribution in [0.1, 0.15) is 79.1 Å². The Bertz CT molecular complexity index is 976. The average Bonchev–Trinajstić information content (AvgIpc) is 3.12. The highest BCUT2D eigenvalue weighted by Gasteiger charge is 2.69. The van der Waals surface area contributed by atoms with Crippen LogP contribution in [0.3, 0.4) is 0 Å². The van der Waals surface area contributed by atoms with E-state index < -0.39 is 54.0 Å². The minimum absolute atomic E-state index is 0.0137. The van der Waals surface area contributed by atoms with Gasteiger partial charge in [-0.05, 0) is 51.4 Å². The zero-order valence-electron chi connectivity index (χ0n) is 23.6. The Balaban J connectivity index is 1.22. The van der Waals surface area contributed by atoms with Gasteiger partial charge in [-0.25, -0.2) is 14.6 Å². The Morgan fingerprint density at radius 2 is 1.77 bits per heavy atom. The second-order valence-corrected chi connectivity index (χ2v) is 11.8. The van der Waals surface area contributed by atoms with Gasteiger partial charge in [0.05, 0.1) is 12.5 Å². The minimum Gasteiger partial charge on any atom is -0.480 e. The number of carboxylic acids is 1. The molecule has 2 bridgehead atoms. The third-order valence-electron chi connectivity index (χ3n) is 8.87. The molecule has 1 spiro atoms.